The number of likely N-dealkylation sites (N-methyl/N-ethyl adjacent to an activating group) is 1. The summed E-state index contributed by atoms with van der Waals surface area (Å²) in [4.78, 5) is 17.9. The van der Waals surface area contributed by atoms with Crippen LogP contribution in [0.4, 0.5) is 0 Å². The first kappa shape index (κ1) is 14.5. The van der Waals surface area contributed by atoms with Gasteiger partial charge in [-0.1, -0.05) is 19.4 Å². The van der Waals surface area contributed by atoms with Gasteiger partial charge in [0.05, 0.1) is 0 Å². The number of amidine groups is 1. The highest BCUT2D eigenvalue weighted by Crippen LogP contribution is 2.18. The maximum Gasteiger partial charge on any atom is 0.242 e. The van der Waals surface area contributed by atoms with Crippen LogP contribution in [0.5, 0.6) is 0 Å². The van der Waals surface area contributed by atoms with E-state index in [9.17, 15) is 4.79 Å². The molecule has 1 atom stereocenters. The molecule has 1 aliphatic rings. The average molecular weight is 349 g/mol. The predicted molar refractivity (Wildman–Crippen MR) is 79.3 cm³/mol. The predicted octanol–water partition coefficient (Wildman–Crippen LogP) is 2.30. The van der Waals surface area contributed by atoms with Crippen molar-refractivity contribution in [2.75, 3.05) is 7.05 Å². The Kier molecular flexibility index (Phi) is 5.94. The lowest BCUT2D eigenvalue weighted by Gasteiger charge is -2.25. The summed E-state index contributed by atoms with van der Waals surface area (Å²) in [5.74, 6) is 0.0767. The van der Waals surface area contributed by atoms with E-state index in [4.69, 9.17) is 0 Å². The van der Waals surface area contributed by atoms with Crippen LogP contribution >= 0.6 is 22.6 Å². The van der Waals surface area contributed by atoms with Crippen molar-refractivity contribution >= 4 is 32.3 Å². The molecule has 4 nitrogen and oxygen atoms in total. The smallest absolute Gasteiger partial charge is 0.242 e. The third-order valence-electron chi connectivity index (χ3n) is 3.15. The Morgan fingerprint density at radius 3 is 2.71 bits per heavy atom. The summed E-state index contributed by atoms with van der Waals surface area (Å²) in [6.07, 6.45) is 6.16. The minimum absolute atomic E-state index is 0.0767. The molecule has 0 bridgehead atoms. The van der Waals surface area contributed by atoms with Gasteiger partial charge in [-0.15, -0.1) is 0 Å². The quantitative estimate of drug-likeness (QED) is 0.366. The number of hydrogen-bond acceptors (Lipinski definition) is 2. The number of carbonyl (C=O) groups is 1. The number of aliphatic imine (C=N–C) groups is 1. The molecule has 1 aliphatic carbocycles. The molecule has 96 valence electrons. The fourth-order valence-electron chi connectivity index (χ4n) is 1.89. The van der Waals surface area contributed by atoms with Crippen molar-refractivity contribution in [3.05, 3.63) is 12.8 Å². The van der Waals surface area contributed by atoms with Crippen LogP contribution in [0, 0.1) is 0 Å². The van der Waals surface area contributed by atoms with E-state index in [-0.39, 0.29) is 11.9 Å². The standard InChI is InChI=1S/C12H20IN3O/c1-4-14-12(13)16(3)9(2)11(17)15-10-7-5-6-8-10/h4,9-10H,1,5-8H2,2-3H3,(H,15,17)/b14-12-. The van der Waals surface area contributed by atoms with Crippen molar-refractivity contribution in [2.24, 2.45) is 4.99 Å². The molecular formula is C12H20IN3O. The molecular weight excluding hydrogens is 329 g/mol. The highest BCUT2D eigenvalue weighted by molar-refractivity contribution is 14.1. The van der Waals surface area contributed by atoms with Crippen LogP contribution in [0.25, 0.3) is 0 Å². The van der Waals surface area contributed by atoms with Crippen LogP contribution in [0.1, 0.15) is 32.6 Å². The molecule has 0 aromatic carbocycles. The fourth-order valence-corrected chi connectivity index (χ4v) is 2.51. The van der Waals surface area contributed by atoms with Crippen molar-refractivity contribution in [1.82, 2.24) is 10.2 Å². The monoisotopic (exact) mass is 349 g/mol. The van der Waals surface area contributed by atoms with Crippen LogP contribution in [0.2, 0.25) is 0 Å². The van der Waals surface area contributed by atoms with Crippen molar-refractivity contribution < 1.29 is 4.79 Å². The highest BCUT2D eigenvalue weighted by atomic mass is 127. The first-order valence-corrected chi connectivity index (χ1v) is 7.01. The molecule has 1 fully saturated rings. The van der Waals surface area contributed by atoms with Crippen LogP contribution in [0.15, 0.2) is 17.8 Å². The van der Waals surface area contributed by atoms with Gasteiger partial charge in [-0.25, -0.2) is 4.99 Å². The zero-order valence-electron chi connectivity index (χ0n) is 10.4. The van der Waals surface area contributed by atoms with E-state index in [2.05, 4.69) is 39.5 Å². The summed E-state index contributed by atoms with van der Waals surface area (Å²) >= 11 is 2.11. The van der Waals surface area contributed by atoms with E-state index in [1.165, 1.54) is 19.0 Å². The summed E-state index contributed by atoms with van der Waals surface area (Å²) in [5, 5.41) is 3.09. The molecule has 5 heteroatoms. The Labute approximate surface area is 117 Å². The topological polar surface area (TPSA) is 44.7 Å². The van der Waals surface area contributed by atoms with Crippen molar-refractivity contribution in [1.29, 1.82) is 0 Å². The normalized spacial score (nSPS) is 18.9. The van der Waals surface area contributed by atoms with Crippen LogP contribution in [0.3, 0.4) is 0 Å². The molecule has 0 aliphatic heterocycles. The Morgan fingerprint density at radius 1 is 1.59 bits per heavy atom. The van der Waals surface area contributed by atoms with Gasteiger partial charge >= 0.3 is 0 Å². The molecule has 17 heavy (non-hydrogen) atoms. The van der Waals surface area contributed by atoms with E-state index >= 15 is 0 Å². The van der Waals surface area contributed by atoms with E-state index in [1.54, 1.807) is 0 Å². The van der Waals surface area contributed by atoms with E-state index in [0.717, 1.165) is 16.7 Å². The van der Waals surface area contributed by atoms with Crippen molar-refractivity contribution in [3.8, 4) is 0 Å². The van der Waals surface area contributed by atoms with Gasteiger partial charge in [0.2, 0.25) is 5.91 Å². The summed E-state index contributed by atoms with van der Waals surface area (Å²) in [7, 11) is 1.87. The second kappa shape index (κ2) is 6.98. The van der Waals surface area contributed by atoms with Gasteiger partial charge < -0.3 is 10.2 Å². The maximum atomic E-state index is 12.0. The molecule has 0 spiro atoms. The molecule has 1 unspecified atom stereocenters. The number of rotatable bonds is 4. The van der Waals surface area contributed by atoms with Crippen molar-refractivity contribution in [2.45, 2.75) is 44.7 Å². The van der Waals surface area contributed by atoms with Crippen LogP contribution < -0.4 is 5.32 Å². The Balaban J connectivity index is 2.50. The van der Waals surface area contributed by atoms with Crippen LogP contribution in [-0.2, 0) is 4.79 Å². The second-order valence-corrected chi connectivity index (χ2v) is 5.32. The third kappa shape index (κ3) is 4.29. The number of nitrogens with one attached hydrogen (secondary N) is 1. The number of amides is 1. The molecule has 0 radical (unpaired) electrons. The number of halogens is 1. The van der Waals surface area contributed by atoms with Crippen LogP contribution in [-0.4, -0.2) is 33.8 Å². The summed E-state index contributed by atoms with van der Waals surface area (Å²) in [6.45, 7) is 5.44. The molecule has 1 saturated carbocycles. The van der Waals surface area contributed by atoms with Gasteiger partial charge in [-0.05, 0) is 42.4 Å². The van der Waals surface area contributed by atoms with Crippen molar-refractivity contribution in [3.63, 3.8) is 0 Å². The van der Waals surface area contributed by atoms with E-state index in [1.807, 2.05) is 18.9 Å². The maximum absolute atomic E-state index is 12.0. The largest absolute Gasteiger partial charge is 0.352 e. The van der Waals surface area contributed by atoms with Gasteiger partial charge in [0.1, 0.15) is 6.04 Å². The van der Waals surface area contributed by atoms with Gasteiger partial charge in [0, 0.05) is 19.3 Å². The molecule has 1 amide bonds. The van der Waals surface area contributed by atoms with E-state index in [0.29, 0.717) is 6.04 Å². The Morgan fingerprint density at radius 2 is 2.18 bits per heavy atom. The molecule has 0 aromatic heterocycles. The number of carbonyl (C=O) groups excluding carboxylic acids is 1. The lowest BCUT2D eigenvalue weighted by atomic mass is 10.2. The zero-order valence-corrected chi connectivity index (χ0v) is 12.6. The molecule has 1 N–H and O–H groups in total. The molecule has 1 rings (SSSR count). The molecule has 0 heterocycles. The highest BCUT2D eigenvalue weighted by Gasteiger charge is 2.23. The lowest BCUT2D eigenvalue weighted by Crippen LogP contribution is -2.47. The summed E-state index contributed by atoms with van der Waals surface area (Å²) in [5.41, 5.74) is 0. The first-order chi connectivity index (χ1) is 8.06. The fraction of sp³-hybridized carbons (Fsp3) is 0.667. The summed E-state index contributed by atoms with van der Waals surface area (Å²) in [6, 6.07) is 0.165. The Hall–Kier alpha value is -0.590. The summed E-state index contributed by atoms with van der Waals surface area (Å²) < 4.78 is 0.770. The minimum atomic E-state index is -0.203. The van der Waals surface area contributed by atoms with Gasteiger partial charge in [0.25, 0.3) is 0 Å². The number of hydrogen-bond donors (Lipinski definition) is 1. The van der Waals surface area contributed by atoms with Gasteiger partial charge in [-0.3, -0.25) is 4.79 Å². The SMILES string of the molecule is C=C/N=C(/I)N(C)C(C)C(=O)NC1CCCC1. The third-order valence-corrected chi connectivity index (χ3v) is 4.19. The minimum Gasteiger partial charge on any atom is -0.352 e. The van der Waals surface area contributed by atoms with Gasteiger partial charge in [0.15, 0.2) is 3.84 Å². The molecule has 0 aromatic rings. The Bertz CT molecular complexity index is 311. The molecule has 0 saturated heterocycles. The second-order valence-electron chi connectivity index (χ2n) is 4.36. The first-order valence-electron chi connectivity index (χ1n) is 5.93. The van der Waals surface area contributed by atoms with E-state index < -0.39 is 0 Å². The van der Waals surface area contributed by atoms with Gasteiger partial charge in [-0.2, -0.15) is 0 Å². The average Bonchev–Trinajstić information content (AvgIpc) is 2.80. The lowest BCUT2D eigenvalue weighted by molar-refractivity contribution is -0.124. The number of nitrogens with zero attached hydrogens (tertiary/aromatic N) is 2. The zero-order chi connectivity index (χ0) is 12.8.